The zero-order valence-corrected chi connectivity index (χ0v) is 9.51. The van der Waals surface area contributed by atoms with Crippen LogP contribution in [-0.2, 0) is 12.0 Å². The summed E-state index contributed by atoms with van der Waals surface area (Å²) in [5.41, 5.74) is 0.228. The first-order valence-electron chi connectivity index (χ1n) is 5.34. The molecule has 1 saturated carbocycles. The zero-order chi connectivity index (χ0) is 10.2. The van der Waals surface area contributed by atoms with Crippen molar-refractivity contribution in [1.29, 1.82) is 0 Å². The topological polar surface area (TPSA) is 30.7 Å². The number of aromatic nitrogens is 3. The molecule has 0 aromatic carbocycles. The summed E-state index contributed by atoms with van der Waals surface area (Å²) in [6.45, 7) is 4.31. The molecule has 1 aromatic heterocycles. The van der Waals surface area contributed by atoms with Crippen LogP contribution in [0, 0.1) is 0 Å². The summed E-state index contributed by atoms with van der Waals surface area (Å²) in [6.07, 6.45) is 5.76. The average Bonchev–Trinajstić information content (AvgIpc) is 2.48. The van der Waals surface area contributed by atoms with Crippen LogP contribution in [0.25, 0.3) is 0 Å². The highest BCUT2D eigenvalue weighted by Crippen LogP contribution is 2.44. The van der Waals surface area contributed by atoms with Gasteiger partial charge in [0.1, 0.15) is 5.82 Å². The molecule has 0 saturated heterocycles. The maximum atomic E-state index is 6.09. The molecule has 1 aromatic rings. The van der Waals surface area contributed by atoms with Gasteiger partial charge in [0, 0.05) is 12.0 Å². The molecule has 1 heterocycles. The average molecular weight is 214 g/mol. The molecular formula is C10H16ClN3. The predicted octanol–water partition coefficient (Wildman–Crippen LogP) is 2.78. The Morgan fingerprint density at radius 3 is 2.50 bits per heavy atom. The van der Waals surface area contributed by atoms with Crippen LogP contribution in [0.1, 0.15) is 45.4 Å². The van der Waals surface area contributed by atoms with E-state index in [2.05, 4.69) is 28.6 Å². The molecule has 14 heavy (non-hydrogen) atoms. The van der Waals surface area contributed by atoms with Gasteiger partial charge >= 0.3 is 0 Å². The van der Waals surface area contributed by atoms with E-state index < -0.39 is 0 Å². The van der Waals surface area contributed by atoms with Crippen molar-refractivity contribution in [3.05, 3.63) is 11.1 Å². The molecule has 4 heteroatoms. The zero-order valence-electron chi connectivity index (χ0n) is 8.76. The Kier molecular flexibility index (Phi) is 2.52. The Morgan fingerprint density at radius 1 is 1.36 bits per heavy atom. The second kappa shape index (κ2) is 3.54. The first-order valence-corrected chi connectivity index (χ1v) is 5.71. The molecule has 0 aliphatic heterocycles. The van der Waals surface area contributed by atoms with Crippen LogP contribution in [0.15, 0.2) is 0 Å². The summed E-state index contributed by atoms with van der Waals surface area (Å²) in [5.74, 6) is 1.02. The molecule has 1 fully saturated rings. The minimum absolute atomic E-state index is 0.228. The Hall–Kier alpha value is -0.570. The summed E-state index contributed by atoms with van der Waals surface area (Å²) in [5, 5.41) is 8.63. The van der Waals surface area contributed by atoms with E-state index >= 15 is 0 Å². The number of rotatable bonds is 3. The van der Waals surface area contributed by atoms with Gasteiger partial charge < -0.3 is 0 Å². The standard InChI is InChI=1S/C10H16ClN3/c1-3-8-12-13-9(11)14(8)10(4-2)6-5-7-10/h3-7H2,1-2H3. The Bertz CT molecular complexity index is 323. The van der Waals surface area contributed by atoms with Gasteiger partial charge in [0.25, 0.3) is 0 Å². The number of halogens is 1. The second-order valence-corrected chi connectivity index (χ2v) is 4.34. The predicted molar refractivity (Wildman–Crippen MR) is 56.5 cm³/mol. The molecule has 0 N–H and O–H groups in total. The molecule has 0 atom stereocenters. The van der Waals surface area contributed by atoms with Gasteiger partial charge in [-0.05, 0) is 37.3 Å². The van der Waals surface area contributed by atoms with E-state index in [1.54, 1.807) is 0 Å². The van der Waals surface area contributed by atoms with Crippen molar-refractivity contribution in [2.24, 2.45) is 0 Å². The summed E-state index contributed by atoms with van der Waals surface area (Å²) in [6, 6.07) is 0. The summed E-state index contributed by atoms with van der Waals surface area (Å²) in [4.78, 5) is 0. The fourth-order valence-electron chi connectivity index (χ4n) is 2.31. The van der Waals surface area contributed by atoms with Gasteiger partial charge in [0.05, 0.1) is 0 Å². The largest absolute Gasteiger partial charge is 0.296 e. The number of nitrogens with zero attached hydrogens (tertiary/aromatic N) is 3. The quantitative estimate of drug-likeness (QED) is 0.773. The third-order valence-corrected chi connectivity index (χ3v) is 3.67. The normalized spacial score (nSPS) is 19.4. The van der Waals surface area contributed by atoms with Crippen LogP contribution in [-0.4, -0.2) is 14.8 Å². The van der Waals surface area contributed by atoms with Crippen LogP contribution in [0.5, 0.6) is 0 Å². The minimum Gasteiger partial charge on any atom is -0.296 e. The van der Waals surface area contributed by atoms with E-state index in [4.69, 9.17) is 11.6 Å². The van der Waals surface area contributed by atoms with E-state index in [9.17, 15) is 0 Å². The molecule has 0 spiro atoms. The SMILES string of the molecule is CCc1nnc(Cl)n1C1(CC)CCC1. The molecule has 3 nitrogen and oxygen atoms in total. The van der Waals surface area contributed by atoms with Gasteiger partial charge in [-0.1, -0.05) is 13.8 Å². The Balaban J connectivity index is 2.42. The van der Waals surface area contributed by atoms with Gasteiger partial charge in [-0.25, -0.2) is 0 Å². The Labute approximate surface area is 89.5 Å². The van der Waals surface area contributed by atoms with Crippen LogP contribution in [0.2, 0.25) is 5.28 Å². The van der Waals surface area contributed by atoms with E-state index in [1.807, 2.05) is 0 Å². The lowest BCUT2D eigenvalue weighted by atomic mass is 9.74. The highest BCUT2D eigenvalue weighted by Gasteiger charge is 2.39. The lowest BCUT2D eigenvalue weighted by molar-refractivity contribution is 0.132. The van der Waals surface area contributed by atoms with Gasteiger partial charge in [-0.15, -0.1) is 10.2 Å². The van der Waals surface area contributed by atoms with Crippen LogP contribution in [0.4, 0.5) is 0 Å². The highest BCUT2D eigenvalue weighted by molar-refractivity contribution is 6.28. The van der Waals surface area contributed by atoms with E-state index in [0.29, 0.717) is 5.28 Å². The smallest absolute Gasteiger partial charge is 0.225 e. The molecule has 1 aliphatic rings. The molecule has 0 amide bonds. The molecule has 0 unspecified atom stereocenters. The third kappa shape index (κ3) is 1.26. The lowest BCUT2D eigenvalue weighted by Crippen LogP contribution is -2.41. The van der Waals surface area contributed by atoms with Crippen molar-refractivity contribution < 1.29 is 0 Å². The van der Waals surface area contributed by atoms with Gasteiger partial charge in [0.2, 0.25) is 5.28 Å². The van der Waals surface area contributed by atoms with Crippen LogP contribution < -0.4 is 0 Å². The van der Waals surface area contributed by atoms with Gasteiger partial charge in [-0.2, -0.15) is 0 Å². The van der Waals surface area contributed by atoms with Crippen molar-refractivity contribution in [2.45, 2.75) is 51.5 Å². The van der Waals surface area contributed by atoms with Crippen LogP contribution >= 0.6 is 11.6 Å². The number of hydrogen-bond acceptors (Lipinski definition) is 2. The maximum Gasteiger partial charge on any atom is 0.225 e. The molecular weight excluding hydrogens is 198 g/mol. The molecule has 1 aliphatic carbocycles. The van der Waals surface area contributed by atoms with E-state index in [1.165, 1.54) is 19.3 Å². The third-order valence-electron chi connectivity index (χ3n) is 3.42. The Morgan fingerprint density at radius 2 is 2.07 bits per heavy atom. The van der Waals surface area contributed by atoms with Crippen molar-refractivity contribution in [3.8, 4) is 0 Å². The lowest BCUT2D eigenvalue weighted by Gasteiger charge is -2.43. The number of hydrogen-bond donors (Lipinski definition) is 0. The molecule has 0 radical (unpaired) electrons. The highest BCUT2D eigenvalue weighted by atomic mass is 35.5. The van der Waals surface area contributed by atoms with Crippen molar-refractivity contribution in [3.63, 3.8) is 0 Å². The second-order valence-electron chi connectivity index (χ2n) is 4.01. The van der Waals surface area contributed by atoms with Crippen molar-refractivity contribution in [2.75, 3.05) is 0 Å². The summed E-state index contributed by atoms with van der Waals surface area (Å²) < 4.78 is 2.15. The number of aryl methyl sites for hydroxylation is 1. The van der Waals surface area contributed by atoms with Crippen molar-refractivity contribution in [1.82, 2.24) is 14.8 Å². The van der Waals surface area contributed by atoms with Gasteiger partial charge in [-0.3, -0.25) is 4.57 Å². The first-order chi connectivity index (χ1) is 6.73. The monoisotopic (exact) mass is 213 g/mol. The fraction of sp³-hybridized carbons (Fsp3) is 0.800. The molecule has 2 rings (SSSR count). The molecule has 78 valence electrons. The van der Waals surface area contributed by atoms with Crippen molar-refractivity contribution >= 4 is 11.6 Å². The van der Waals surface area contributed by atoms with E-state index in [-0.39, 0.29) is 5.54 Å². The van der Waals surface area contributed by atoms with Crippen LogP contribution in [0.3, 0.4) is 0 Å². The van der Waals surface area contributed by atoms with E-state index in [0.717, 1.165) is 18.7 Å². The van der Waals surface area contributed by atoms with Gasteiger partial charge in [0.15, 0.2) is 0 Å². The first kappa shape index (κ1) is 9.97. The maximum absolute atomic E-state index is 6.09. The summed E-state index contributed by atoms with van der Waals surface area (Å²) >= 11 is 6.09. The fourth-order valence-corrected chi connectivity index (χ4v) is 2.63. The summed E-state index contributed by atoms with van der Waals surface area (Å²) in [7, 11) is 0. The molecule has 0 bridgehead atoms. The minimum atomic E-state index is 0.228.